The Kier molecular flexibility index (Phi) is 4.35. The van der Waals surface area contributed by atoms with Crippen molar-refractivity contribution in [3.8, 4) is 11.8 Å². The number of hydrogen-bond acceptors (Lipinski definition) is 5. The fourth-order valence-electron chi connectivity index (χ4n) is 4.73. The van der Waals surface area contributed by atoms with Crippen LogP contribution in [0.5, 0.6) is 0 Å². The van der Waals surface area contributed by atoms with E-state index in [9.17, 15) is 0 Å². The van der Waals surface area contributed by atoms with Gasteiger partial charge in [-0.25, -0.2) is 4.98 Å². The number of fused-ring (bicyclic) bond motifs is 3. The monoisotopic (exact) mass is 406 g/mol. The topological polar surface area (TPSA) is 84.5 Å². The smallest absolute Gasteiger partial charge is 0.213 e. The van der Waals surface area contributed by atoms with Crippen LogP contribution in [0.4, 0.5) is 5.95 Å². The molecule has 0 aliphatic carbocycles. The molecule has 7 nitrogen and oxygen atoms in total. The fraction of sp³-hybridized carbons (Fsp3) is 0.565. The molecule has 3 aromatic heterocycles. The number of imidazole rings is 1. The SMILES string of the molecule is C[C@@H]1OCC2(CCN(c3nc4[nH]cc(C#CC(C)(C)C)c4c4nccn34)CC2)[C@@H]1N. The Bertz CT molecular complexity index is 1150. The maximum Gasteiger partial charge on any atom is 0.213 e. The molecule has 158 valence electrons. The van der Waals surface area contributed by atoms with Gasteiger partial charge in [-0.2, -0.15) is 4.98 Å². The minimum absolute atomic E-state index is 0.0608. The van der Waals surface area contributed by atoms with Gasteiger partial charge < -0.3 is 20.4 Å². The van der Waals surface area contributed by atoms with Crippen LogP contribution in [-0.2, 0) is 4.74 Å². The van der Waals surface area contributed by atoms with E-state index in [-0.39, 0.29) is 23.0 Å². The molecule has 30 heavy (non-hydrogen) atoms. The van der Waals surface area contributed by atoms with Crippen molar-refractivity contribution < 1.29 is 4.74 Å². The van der Waals surface area contributed by atoms with Crippen molar-refractivity contribution in [2.75, 3.05) is 24.6 Å². The summed E-state index contributed by atoms with van der Waals surface area (Å²) >= 11 is 0. The first-order chi connectivity index (χ1) is 14.3. The van der Waals surface area contributed by atoms with Gasteiger partial charge in [0.2, 0.25) is 5.95 Å². The van der Waals surface area contributed by atoms with Crippen LogP contribution in [0.1, 0.15) is 46.1 Å². The zero-order valence-corrected chi connectivity index (χ0v) is 18.2. The predicted molar refractivity (Wildman–Crippen MR) is 118 cm³/mol. The molecule has 7 heteroatoms. The largest absolute Gasteiger partial charge is 0.376 e. The van der Waals surface area contributed by atoms with Crippen molar-refractivity contribution in [3.63, 3.8) is 0 Å². The summed E-state index contributed by atoms with van der Waals surface area (Å²) in [7, 11) is 0. The van der Waals surface area contributed by atoms with Crippen LogP contribution in [0.25, 0.3) is 16.7 Å². The molecule has 2 aliphatic heterocycles. The first-order valence-corrected chi connectivity index (χ1v) is 10.8. The quantitative estimate of drug-likeness (QED) is 0.607. The van der Waals surface area contributed by atoms with Gasteiger partial charge in [0.15, 0.2) is 5.65 Å². The molecule has 0 saturated carbocycles. The summed E-state index contributed by atoms with van der Waals surface area (Å²) < 4.78 is 7.96. The van der Waals surface area contributed by atoms with Crippen molar-refractivity contribution in [2.45, 2.75) is 52.7 Å². The van der Waals surface area contributed by atoms with Crippen LogP contribution in [0.15, 0.2) is 18.6 Å². The summed E-state index contributed by atoms with van der Waals surface area (Å²) in [5, 5.41) is 0.981. The number of nitrogens with two attached hydrogens (primary N) is 1. The van der Waals surface area contributed by atoms with E-state index >= 15 is 0 Å². The predicted octanol–water partition coefficient (Wildman–Crippen LogP) is 2.94. The molecule has 3 aromatic rings. The third kappa shape index (κ3) is 3.06. The van der Waals surface area contributed by atoms with Crippen LogP contribution in [-0.4, -0.2) is 51.2 Å². The van der Waals surface area contributed by atoms with Crippen LogP contribution in [0.2, 0.25) is 0 Å². The fourth-order valence-corrected chi connectivity index (χ4v) is 4.73. The molecule has 1 spiro atoms. The number of piperidine rings is 1. The summed E-state index contributed by atoms with van der Waals surface area (Å²) in [5.41, 5.74) is 9.19. The lowest BCUT2D eigenvalue weighted by molar-refractivity contribution is 0.0973. The number of H-pyrrole nitrogens is 1. The Morgan fingerprint density at radius 2 is 2.07 bits per heavy atom. The van der Waals surface area contributed by atoms with E-state index < -0.39 is 0 Å². The van der Waals surface area contributed by atoms with Crippen molar-refractivity contribution >= 4 is 22.6 Å². The second-order valence-electron chi connectivity index (χ2n) is 9.85. The molecule has 5 heterocycles. The van der Waals surface area contributed by atoms with E-state index in [1.54, 1.807) is 0 Å². The maximum absolute atomic E-state index is 6.49. The number of anilines is 1. The van der Waals surface area contributed by atoms with Crippen molar-refractivity contribution in [1.82, 2.24) is 19.4 Å². The van der Waals surface area contributed by atoms with Gasteiger partial charge in [0.1, 0.15) is 5.65 Å². The van der Waals surface area contributed by atoms with E-state index in [0.717, 1.165) is 60.7 Å². The molecule has 2 atom stereocenters. The molecule has 0 unspecified atom stereocenters. The summed E-state index contributed by atoms with van der Waals surface area (Å²) in [6, 6.07) is 0.107. The average Bonchev–Trinajstić information content (AvgIpc) is 3.41. The second-order valence-corrected chi connectivity index (χ2v) is 9.85. The lowest BCUT2D eigenvalue weighted by Gasteiger charge is -2.41. The van der Waals surface area contributed by atoms with Crippen molar-refractivity contribution in [3.05, 3.63) is 24.2 Å². The van der Waals surface area contributed by atoms with Crippen LogP contribution >= 0.6 is 0 Å². The Morgan fingerprint density at radius 1 is 1.30 bits per heavy atom. The van der Waals surface area contributed by atoms with E-state index in [0.29, 0.717) is 0 Å². The van der Waals surface area contributed by atoms with Crippen LogP contribution < -0.4 is 10.6 Å². The second kappa shape index (κ2) is 6.73. The Hall–Kier alpha value is -2.56. The molecular weight excluding hydrogens is 376 g/mol. The molecule has 2 fully saturated rings. The van der Waals surface area contributed by atoms with Gasteiger partial charge in [-0.3, -0.25) is 4.40 Å². The summed E-state index contributed by atoms with van der Waals surface area (Å²) in [4.78, 5) is 15.3. The number of hydrogen-bond donors (Lipinski definition) is 2. The standard InChI is InChI=1S/C23H30N6O/c1-15-18(24)23(14-30-15)7-10-28(11-8-23)21-27-19-17(20-25-9-12-29(20)21)16(13-26-19)5-6-22(2,3)4/h9,12-13,15,18,26H,7-8,10-11,14,24H2,1-4H3/t15-,18+/m0/s1. The van der Waals surface area contributed by atoms with Crippen LogP contribution in [0.3, 0.4) is 0 Å². The number of aromatic amines is 1. The molecule has 2 aliphatic rings. The highest BCUT2D eigenvalue weighted by atomic mass is 16.5. The molecule has 5 rings (SSSR count). The minimum atomic E-state index is -0.0608. The molecule has 0 radical (unpaired) electrons. The lowest BCUT2D eigenvalue weighted by Crippen LogP contribution is -2.51. The average molecular weight is 407 g/mol. The van der Waals surface area contributed by atoms with Gasteiger partial charge in [0.05, 0.1) is 23.7 Å². The van der Waals surface area contributed by atoms with Crippen molar-refractivity contribution in [1.29, 1.82) is 0 Å². The van der Waals surface area contributed by atoms with Gasteiger partial charge in [-0.15, -0.1) is 0 Å². The summed E-state index contributed by atoms with van der Waals surface area (Å²) in [6.45, 7) is 11.0. The molecular formula is C23H30N6O. The summed E-state index contributed by atoms with van der Waals surface area (Å²) in [6.07, 6.45) is 7.93. The Morgan fingerprint density at radius 3 is 2.73 bits per heavy atom. The highest BCUT2D eigenvalue weighted by Gasteiger charge is 2.47. The Balaban J connectivity index is 1.50. The van der Waals surface area contributed by atoms with E-state index in [2.05, 4.69) is 58.8 Å². The van der Waals surface area contributed by atoms with Crippen LogP contribution in [0, 0.1) is 22.7 Å². The molecule has 3 N–H and O–H groups in total. The molecule has 0 bridgehead atoms. The molecule has 2 saturated heterocycles. The van der Waals surface area contributed by atoms with E-state index in [4.69, 9.17) is 15.5 Å². The molecule has 0 aromatic carbocycles. The minimum Gasteiger partial charge on any atom is -0.376 e. The van der Waals surface area contributed by atoms with Gasteiger partial charge >= 0.3 is 0 Å². The van der Waals surface area contributed by atoms with E-state index in [1.807, 2.05) is 18.6 Å². The van der Waals surface area contributed by atoms with Gasteiger partial charge in [0, 0.05) is 48.6 Å². The molecule has 0 amide bonds. The zero-order chi connectivity index (χ0) is 21.1. The number of ether oxygens (including phenoxy) is 1. The highest BCUT2D eigenvalue weighted by Crippen LogP contribution is 2.42. The van der Waals surface area contributed by atoms with Gasteiger partial charge in [0.25, 0.3) is 0 Å². The maximum atomic E-state index is 6.49. The van der Waals surface area contributed by atoms with Gasteiger partial charge in [-0.05, 0) is 40.5 Å². The third-order valence-electron chi connectivity index (χ3n) is 6.61. The number of nitrogens with one attached hydrogen (secondary N) is 1. The number of aromatic nitrogens is 4. The summed E-state index contributed by atoms with van der Waals surface area (Å²) in [5.74, 6) is 7.55. The van der Waals surface area contributed by atoms with Gasteiger partial charge in [-0.1, -0.05) is 11.8 Å². The Labute approximate surface area is 177 Å². The number of rotatable bonds is 1. The first-order valence-electron chi connectivity index (χ1n) is 10.8. The first kappa shape index (κ1) is 19.4. The van der Waals surface area contributed by atoms with E-state index in [1.165, 1.54) is 0 Å². The zero-order valence-electron chi connectivity index (χ0n) is 18.2. The normalized spacial score (nSPS) is 24.0. The number of nitrogens with zero attached hydrogens (tertiary/aromatic N) is 4. The van der Waals surface area contributed by atoms with Crippen molar-refractivity contribution in [2.24, 2.45) is 16.6 Å². The highest BCUT2D eigenvalue weighted by molar-refractivity contribution is 5.96. The lowest BCUT2D eigenvalue weighted by atomic mass is 9.73. The third-order valence-corrected chi connectivity index (χ3v) is 6.61.